The fourth-order valence-corrected chi connectivity index (χ4v) is 4.29. The smallest absolute Gasteiger partial charge is 0.282 e. The SMILES string of the molecule is COc1cccc(-n2c(C)cc(C=Nn3c(C(C)(C)C)nc4ccc(Br)cc4c3=O)c2C)c1. The molecule has 7 heteroatoms. The molecule has 2 aromatic carbocycles. The van der Waals surface area contributed by atoms with Crippen molar-refractivity contribution in [3.63, 3.8) is 0 Å². The topological polar surface area (TPSA) is 61.4 Å². The first-order valence-electron chi connectivity index (χ1n) is 10.7. The number of ether oxygens (including phenoxy) is 1. The highest BCUT2D eigenvalue weighted by Crippen LogP contribution is 2.25. The van der Waals surface area contributed by atoms with E-state index in [-0.39, 0.29) is 11.0 Å². The highest BCUT2D eigenvalue weighted by atomic mass is 79.9. The van der Waals surface area contributed by atoms with E-state index in [1.165, 1.54) is 4.68 Å². The Labute approximate surface area is 201 Å². The third kappa shape index (κ3) is 4.37. The van der Waals surface area contributed by atoms with Gasteiger partial charge in [0.05, 0.1) is 24.2 Å². The molecule has 170 valence electrons. The molecule has 0 saturated carbocycles. The van der Waals surface area contributed by atoms with Crippen molar-refractivity contribution in [1.82, 2.24) is 14.2 Å². The average molecular weight is 507 g/mol. The van der Waals surface area contributed by atoms with Crippen LogP contribution >= 0.6 is 15.9 Å². The first-order chi connectivity index (χ1) is 15.6. The Kier molecular flexibility index (Phi) is 6.01. The molecule has 2 heterocycles. The number of hydrogen-bond acceptors (Lipinski definition) is 4. The molecular formula is C26H27BrN4O2. The maximum absolute atomic E-state index is 13.4. The van der Waals surface area contributed by atoms with Crippen LogP contribution < -0.4 is 10.3 Å². The van der Waals surface area contributed by atoms with Gasteiger partial charge in [0.25, 0.3) is 5.56 Å². The lowest BCUT2D eigenvalue weighted by Gasteiger charge is -2.20. The van der Waals surface area contributed by atoms with Gasteiger partial charge < -0.3 is 9.30 Å². The zero-order chi connectivity index (χ0) is 23.9. The summed E-state index contributed by atoms with van der Waals surface area (Å²) in [7, 11) is 1.66. The lowest BCUT2D eigenvalue weighted by Crippen LogP contribution is -2.29. The number of halogens is 1. The molecule has 4 rings (SSSR count). The lowest BCUT2D eigenvalue weighted by atomic mass is 9.95. The molecule has 6 nitrogen and oxygen atoms in total. The van der Waals surface area contributed by atoms with Gasteiger partial charge in [-0.15, -0.1) is 0 Å². The number of benzene rings is 2. The Balaban J connectivity index is 1.85. The number of rotatable bonds is 4. The molecule has 0 fully saturated rings. The van der Waals surface area contributed by atoms with Crippen LogP contribution in [0.1, 0.15) is 43.5 Å². The van der Waals surface area contributed by atoms with Crippen LogP contribution in [0.4, 0.5) is 0 Å². The van der Waals surface area contributed by atoms with Gasteiger partial charge in [-0.25, -0.2) is 4.98 Å². The van der Waals surface area contributed by atoms with E-state index in [0.29, 0.717) is 16.7 Å². The lowest BCUT2D eigenvalue weighted by molar-refractivity contribution is 0.414. The molecule has 0 saturated heterocycles. The van der Waals surface area contributed by atoms with Crippen molar-refractivity contribution < 1.29 is 4.74 Å². The number of aryl methyl sites for hydroxylation is 1. The standard InChI is InChI=1S/C26H27BrN4O2/c1-16-12-18(17(2)30(16)20-8-7-9-21(14-20)33-6)15-28-31-24(32)22-13-19(27)10-11-23(22)29-25(31)26(3,4)5/h7-15H,1-6H3. The highest BCUT2D eigenvalue weighted by Gasteiger charge is 2.23. The van der Waals surface area contributed by atoms with Crippen molar-refractivity contribution in [2.45, 2.75) is 40.0 Å². The Morgan fingerprint density at radius 1 is 1.09 bits per heavy atom. The predicted molar refractivity (Wildman–Crippen MR) is 137 cm³/mol. The van der Waals surface area contributed by atoms with Gasteiger partial charge in [-0.3, -0.25) is 4.79 Å². The monoisotopic (exact) mass is 506 g/mol. The second-order valence-electron chi connectivity index (χ2n) is 9.07. The molecule has 0 amide bonds. The van der Waals surface area contributed by atoms with Crippen LogP contribution in [-0.2, 0) is 5.41 Å². The van der Waals surface area contributed by atoms with Crippen molar-refractivity contribution in [2.75, 3.05) is 7.11 Å². The van der Waals surface area contributed by atoms with Gasteiger partial charge >= 0.3 is 0 Å². The molecular weight excluding hydrogens is 480 g/mol. The quantitative estimate of drug-likeness (QED) is 0.330. The second-order valence-corrected chi connectivity index (χ2v) is 9.99. The zero-order valence-corrected chi connectivity index (χ0v) is 21.3. The third-order valence-corrected chi connectivity index (χ3v) is 6.07. The molecule has 0 N–H and O–H groups in total. The fourth-order valence-electron chi connectivity index (χ4n) is 3.93. The number of nitrogens with zero attached hydrogens (tertiary/aromatic N) is 4. The zero-order valence-electron chi connectivity index (χ0n) is 19.7. The maximum Gasteiger partial charge on any atom is 0.282 e. The van der Waals surface area contributed by atoms with Gasteiger partial charge in [0, 0.05) is 38.6 Å². The van der Waals surface area contributed by atoms with E-state index in [1.54, 1.807) is 19.4 Å². The summed E-state index contributed by atoms with van der Waals surface area (Å²) in [6.45, 7) is 10.2. The molecule has 0 radical (unpaired) electrons. The van der Waals surface area contributed by atoms with Crippen molar-refractivity contribution in [3.8, 4) is 11.4 Å². The Bertz CT molecular complexity index is 1440. The highest BCUT2D eigenvalue weighted by molar-refractivity contribution is 9.10. The third-order valence-electron chi connectivity index (χ3n) is 5.57. The van der Waals surface area contributed by atoms with Gasteiger partial charge in [0.1, 0.15) is 11.6 Å². The van der Waals surface area contributed by atoms with E-state index in [1.807, 2.05) is 71.0 Å². The van der Waals surface area contributed by atoms with Crippen LogP contribution in [0.3, 0.4) is 0 Å². The van der Waals surface area contributed by atoms with Crippen molar-refractivity contribution in [3.05, 3.63) is 86.1 Å². The van der Waals surface area contributed by atoms with E-state index in [0.717, 1.165) is 32.9 Å². The second kappa shape index (κ2) is 8.63. The molecule has 0 aliphatic heterocycles. The van der Waals surface area contributed by atoms with Crippen LogP contribution in [-0.4, -0.2) is 27.6 Å². The van der Waals surface area contributed by atoms with Crippen LogP contribution in [0, 0.1) is 13.8 Å². The molecule has 2 aromatic heterocycles. The van der Waals surface area contributed by atoms with Gasteiger partial charge in [-0.05, 0) is 50.2 Å². The predicted octanol–water partition coefficient (Wildman–Crippen LogP) is 5.75. The molecule has 0 unspecified atom stereocenters. The fraction of sp³-hybridized carbons (Fsp3) is 0.269. The molecule has 33 heavy (non-hydrogen) atoms. The first-order valence-corrected chi connectivity index (χ1v) is 11.5. The van der Waals surface area contributed by atoms with E-state index >= 15 is 0 Å². The minimum atomic E-state index is -0.366. The van der Waals surface area contributed by atoms with E-state index in [4.69, 9.17) is 9.72 Å². The summed E-state index contributed by atoms with van der Waals surface area (Å²) in [5.41, 5.74) is 4.12. The van der Waals surface area contributed by atoms with E-state index in [2.05, 4.69) is 31.7 Å². The Morgan fingerprint density at radius 2 is 1.85 bits per heavy atom. The average Bonchev–Trinajstić information content (AvgIpc) is 3.05. The van der Waals surface area contributed by atoms with E-state index < -0.39 is 0 Å². The summed E-state index contributed by atoms with van der Waals surface area (Å²) in [5.74, 6) is 1.41. The molecule has 4 aromatic rings. The van der Waals surface area contributed by atoms with Gasteiger partial charge in [0.15, 0.2) is 0 Å². The molecule has 0 bridgehead atoms. The molecule has 0 spiro atoms. The Morgan fingerprint density at radius 3 is 2.55 bits per heavy atom. The van der Waals surface area contributed by atoms with Gasteiger partial charge in [-0.2, -0.15) is 9.78 Å². The van der Waals surface area contributed by atoms with Crippen LogP contribution in [0.5, 0.6) is 5.75 Å². The number of fused-ring (bicyclic) bond motifs is 1. The van der Waals surface area contributed by atoms with Crippen LogP contribution in [0.15, 0.2) is 62.9 Å². The van der Waals surface area contributed by atoms with Crippen molar-refractivity contribution >= 4 is 33.0 Å². The number of hydrogen-bond donors (Lipinski definition) is 0. The van der Waals surface area contributed by atoms with Crippen LogP contribution in [0.2, 0.25) is 0 Å². The summed E-state index contributed by atoms with van der Waals surface area (Å²) >= 11 is 3.45. The minimum Gasteiger partial charge on any atom is -0.497 e. The Hall–Kier alpha value is -3.19. The summed E-state index contributed by atoms with van der Waals surface area (Å²) in [6.07, 6.45) is 1.74. The van der Waals surface area contributed by atoms with Gasteiger partial charge in [0.2, 0.25) is 0 Å². The normalized spacial score (nSPS) is 12.1. The molecule has 0 aliphatic rings. The summed E-state index contributed by atoms with van der Waals surface area (Å²) in [4.78, 5) is 18.2. The molecule has 0 atom stereocenters. The summed E-state index contributed by atoms with van der Waals surface area (Å²) in [5, 5.41) is 5.15. The van der Waals surface area contributed by atoms with Crippen LogP contribution in [0.25, 0.3) is 16.6 Å². The maximum atomic E-state index is 13.4. The van der Waals surface area contributed by atoms with E-state index in [9.17, 15) is 4.79 Å². The van der Waals surface area contributed by atoms with Crippen molar-refractivity contribution in [2.24, 2.45) is 5.10 Å². The molecule has 0 aliphatic carbocycles. The number of aromatic nitrogens is 3. The summed E-state index contributed by atoms with van der Waals surface area (Å²) < 4.78 is 9.78. The largest absolute Gasteiger partial charge is 0.497 e. The first kappa shape index (κ1) is 23.0. The number of methoxy groups -OCH3 is 1. The van der Waals surface area contributed by atoms with Crippen molar-refractivity contribution in [1.29, 1.82) is 0 Å². The van der Waals surface area contributed by atoms with Gasteiger partial charge in [-0.1, -0.05) is 42.8 Å². The summed E-state index contributed by atoms with van der Waals surface area (Å²) in [6, 6.07) is 15.5. The minimum absolute atomic E-state index is 0.191.